The van der Waals surface area contributed by atoms with Crippen LogP contribution in [0.5, 0.6) is 11.5 Å². The van der Waals surface area contributed by atoms with Gasteiger partial charge in [-0.2, -0.15) is 0 Å². The molecule has 0 aliphatic rings. The molecule has 0 fully saturated rings. The summed E-state index contributed by atoms with van der Waals surface area (Å²) >= 11 is 3.46. The number of methoxy groups -OCH3 is 2. The normalized spacial score (nSPS) is 10.7. The zero-order valence-electron chi connectivity index (χ0n) is 12.3. The van der Waals surface area contributed by atoms with E-state index in [-0.39, 0.29) is 0 Å². The van der Waals surface area contributed by atoms with Gasteiger partial charge in [0.15, 0.2) is 11.5 Å². The fourth-order valence-electron chi connectivity index (χ4n) is 2.36. The highest BCUT2D eigenvalue weighted by molar-refractivity contribution is 9.08. The van der Waals surface area contributed by atoms with E-state index in [2.05, 4.69) is 50.2 Å². The molecule has 112 valence electrons. The highest BCUT2D eigenvalue weighted by atomic mass is 79.9. The van der Waals surface area contributed by atoms with Crippen molar-refractivity contribution in [2.24, 2.45) is 0 Å². The number of rotatable bonds is 4. The van der Waals surface area contributed by atoms with Crippen molar-refractivity contribution >= 4 is 26.8 Å². The second-order valence-electron chi connectivity index (χ2n) is 4.78. The van der Waals surface area contributed by atoms with Gasteiger partial charge in [-0.05, 0) is 11.6 Å². The first-order valence-corrected chi connectivity index (χ1v) is 7.91. The van der Waals surface area contributed by atoms with Crippen LogP contribution in [0.15, 0.2) is 42.7 Å². The molecular formula is C17H15BrN2O2. The highest BCUT2D eigenvalue weighted by Gasteiger charge is 2.12. The van der Waals surface area contributed by atoms with Gasteiger partial charge in [0.2, 0.25) is 0 Å². The van der Waals surface area contributed by atoms with Crippen molar-refractivity contribution in [2.45, 2.75) is 5.33 Å². The molecule has 0 aliphatic heterocycles. The maximum absolute atomic E-state index is 5.38. The van der Waals surface area contributed by atoms with Gasteiger partial charge in [0.1, 0.15) is 6.33 Å². The summed E-state index contributed by atoms with van der Waals surface area (Å²) < 4.78 is 10.7. The topological polar surface area (TPSA) is 44.2 Å². The number of alkyl halides is 1. The summed E-state index contributed by atoms with van der Waals surface area (Å²) in [5.41, 5.74) is 3.98. The number of hydrogen-bond acceptors (Lipinski definition) is 4. The highest BCUT2D eigenvalue weighted by Crippen LogP contribution is 2.35. The quantitative estimate of drug-likeness (QED) is 0.655. The van der Waals surface area contributed by atoms with Crippen molar-refractivity contribution < 1.29 is 9.47 Å². The molecule has 3 rings (SSSR count). The van der Waals surface area contributed by atoms with E-state index >= 15 is 0 Å². The number of ether oxygens (including phenoxy) is 2. The Bertz CT molecular complexity index is 804. The van der Waals surface area contributed by atoms with Gasteiger partial charge in [0.25, 0.3) is 0 Å². The maximum atomic E-state index is 5.38. The number of benzene rings is 2. The van der Waals surface area contributed by atoms with Crippen molar-refractivity contribution in [3.8, 4) is 22.8 Å². The van der Waals surface area contributed by atoms with E-state index in [1.165, 1.54) is 5.56 Å². The molecule has 0 spiro atoms. The van der Waals surface area contributed by atoms with E-state index in [0.717, 1.165) is 27.5 Å². The molecule has 1 aromatic heterocycles. The predicted octanol–water partition coefficient (Wildman–Crippen LogP) is 4.21. The Hall–Kier alpha value is -2.14. The number of aromatic nitrogens is 2. The third-order valence-electron chi connectivity index (χ3n) is 3.52. The lowest BCUT2D eigenvalue weighted by Crippen LogP contribution is -1.94. The number of nitrogens with zero attached hydrogens (tertiary/aromatic N) is 2. The Morgan fingerprint density at radius 3 is 2.27 bits per heavy atom. The van der Waals surface area contributed by atoms with Crippen LogP contribution in [-0.4, -0.2) is 24.2 Å². The van der Waals surface area contributed by atoms with Crippen LogP contribution in [-0.2, 0) is 5.33 Å². The molecule has 0 bridgehead atoms. The van der Waals surface area contributed by atoms with Gasteiger partial charge in [0.05, 0.1) is 25.4 Å². The van der Waals surface area contributed by atoms with Crippen LogP contribution in [0.2, 0.25) is 0 Å². The van der Waals surface area contributed by atoms with E-state index in [4.69, 9.17) is 9.47 Å². The van der Waals surface area contributed by atoms with Crippen LogP contribution in [0.3, 0.4) is 0 Å². The standard InChI is InChI=1S/C17H15BrN2O2/c1-21-15-7-13-14(8-16(15)22-2)19-10-20-17(13)12-5-3-11(9-18)4-6-12/h3-8,10H,9H2,1-2H3. The molecule has 3 aromatic rings. The van der Waals surface area contributed by atoms with Crippen molar-refractivity contribution in [1.29, 1.82) is 0 Å². The summed E-state index contributed by atoms with van der Waals surface area (Å²) in [5, 5.41) is 1.77. The lowest BCUT2D eigenvalue weighted by molar-refractivity contribution is 0.356. The molecule has 2 aromatic carbocycles. The monoisotopic (exact) mass is 358 g/mol. The minimum atomic E-state index is 0.661. The van der Waals surface area contributed by atoms with Crippen LogP contribution >= 0.6 is 15.9 Å². The van der Waals surface area contributed by atoms with Crippen molar-refractivity contribution in [3.05, 3.63) is 48.3 Å². The zero-order chi connectivity index (χ0) is 15.5. The molecule has 0 aliphatic carbocycles. The van der Waals surface area contributed by atoms with Crippen molar-refractivity contribution in [2.75, 3.05) is 14.2 Å². The van der Waals surface area contributed by atoms with E-state index in [9.17, 15) is 0 Å². The van der Waals surface area contributed by atoms with E-state index in [1.807, 2.05) is 12.1 Å². The fourth-order valence-corrected chi connectivity index (χ4v) is 2.74. The van der Waals surface area contributed by atoms with Crippen molar-refractivity contribution in [1.82, 2.24) is 9.97 Å². The Balaban J connectivity index is 2.20. The summed E-state index contributed by atoms with van der Waals surface area (Å²) in [4.78, 5) is 8.78. The molecule has 5 heteroatoms. The lowest BCUT2D eigenvalue weighted by atomic mass is 10.0. The SMILES string of the molecule is COc1cc2ncnc(-c3ccc(CBr)cc3)c2cc1OC. The zero-order valence-corrected chi connectivity index (χ0v) is 13.9. The first kappa shape index (κ1) is 14.8. The predicted molar refractivity (Wildman–Crippen MR) is 90.7 cm³/mol. The summed E-state index contributed by atoms with van der Waals surface area (Å²) in [7, 11) is 3.24. The van der Waals surface area contributed by atoms with Gasteiger partial charge in [-0.1, -0.05) is 40.2 Å². The Kier molecular flexibility index (Phi) is 4.24. The number of hydrogen-bond donors (Lipinski definition) is 0. The Labute approximate surface area is 137 Å². The van der Waals surface area contributed by atoms with E-state index in [0.29, 0.717) is 11.5 Å². The molecule has 22 heavy (non-hydrogen) atoms. The molecular weight excluding hydrogens is 344 g/mol. The Morgan fingerprint density at radius 1 is 0.955 bits per heavy atom. The number of fused-ring (bicyclic) bond motifs is 1. The molecule has 1 heterocycles. The minimum Gasteiger partial charge on any atom is -0.493 e. The molecule has 0 atom stereocenters. The van der Waals surface area contributed by atoms with Crippen LogP contribution in [0, 0.1) is 0 Å². The van der Waals surface area contributed by atoms with Crippen LogP contribution in [0.4, 0.5) is 0 Å². The third kappa shape index (κ3) is 2.64. The van der Waals surface area contributed by atoms with Gasteiger partial charge < -0.3 is 9.47 Å². The minimum absolute atomic E-state index is 0.661. The first-order valence-electron chi connectivity index (χ1n) is 6.79. The molecule has 0 radical (unpaired) electrons. The fraction of sp³-hybridized carbons (Fsp3) is 0.176. The summed E-state index contributed by atoms with van der Waals surface area (Å²) in [5.74, 6) is 1.33. The van der Waals surface area contributed by atoms with Gasteiger partial charge in [-0.3, -0.25) is 0 Å². The lowest BCUT2D eigenvalue weighted by Gasteiger charge is -2.11. The first-order chi connectivity index (χ1) is 10.8. The maximum Gasteiger partial charge on any atom is 0.162 e. The second kappa shape index (κ2) is 6.32. The molecule has 0 N–H and O–H groups in total. The average Bonchev–Trinajstić information content (AvgIpc) is 2.60. The molecule has 0 saturated heterocycles. The van der Waals surface area contributed by atoms with Gasteiger partial charge >= 0.3 is 0 Å². The van der Waals surface area contributed by atoms with E-state index in [1.54, 1.807) is 20.5 Å². The molecule has 4 nitrogen and oxygen atoms in total. The van der Waals surface area contributed by atoms with E-state index < -0.39 is 0 Å². The molecule has 0 unspecified atom stereocenters. The van der Waals surface area contributed by atoms with Gasteiger partial charge in [-0.15, -0.1) is 0 Å². The van der Waals surface area contributed by atoms with Crippen LogP contribution in [0.25, 0.3) is 22.2 Å². The van der Waals surface area contributed by atoms with Crippen LogP contribution < -0.4 is 9.47 Å². The van der Waals surface area contributed by atoms with Gasteiger partial charge in [-0.25, -0.2) is 9.97 Å². The average molecular weight is 359 g/mol. The number of halogens is 1. The Morgan fingerprint density at radius 2 is 1.64 bits per heavy atom. The summed E-state index contributed by atoms with van der Waals surface area (Å²) in [6, 6.07) is 12.1. The third-order valence-corrected chi connectivity index (χ3v) is 4.17. The molecule has 0 saturated carbocycles. The molecule has 0 amide bonds. The van der Waals surface area contributed by atoms with Gasteiger partial charge in [0, 0.05) is 22.3 Å². The summed E-state index contributed by atoms with van der Waals surface area (Å²) in [6.07, 6.45) is 1.57. The smallest absolute Gasteiger partial charge is 0.162 e. The van der Waals surface area contributed by atoms with Crippen LogP contribution in [0.1, 0.15) is 5.56 Å². The summed E-state index contributed by atoms with van der Waals surface area (Å²) in [6.45, 7) is 0. The van der Waals surface area contributed by atoms with Crippen molar-refractivity contribution in [3.63, 3.8) is 0 Å². The largest absolute Gasteiger partial charge is 0.493 e. The second-order valence-corrected chi connectivity index (χ2v) is 5.34.